The maximum Gasteiger partial charge on any atom is 0.165 e. The molecule has 0 unspecified atom stereocenters. The van der Waals surface area contributed by atoms with Gasteiger partial charge in [0.15, 0.2) is 5.78 Å². The Morgan fingerprint density at radius 2 is 2.07 bits per heavy atom. The Balaban J connectivity index is 3.19. The molecule has 0 N–H and O–H groups in total. The third kappa shape index (κ3) is 2.34. The molecule has 1 nitrogen and oxygen atoms in total. The lowest BCUT2D eigenvalue weighted by atomic mass is 10.0. The molecule has 0 amide bonds. The van der Waals surface area contributed by atoms with Gasteiger partial charge in [0.25, 0.3) is 0 Å². The van der Waals surface area contributed by atoms with Crippen LogP contribution in [0.3, 0.4) is 0 Å². The summed E-state index contributed by atoms with van der Waals surface area (Å²) in [5.41, 5.74) is 0.341. The molecule has 0 spiro atoms. The SMILES string of the molecule is CC(C)C(=O)c1cc(F)c(Cl)c(Br)c1. The van der Waals surface area contributed by atoms with Crippen molar-refractivity contribution in [1.82, 2.24) is 0 Å². The summed E-state index contributed by atoms with van der Waals surface area (Å²) in [5.74, 6) is -0.825. The molecule has 4 heteroatoms. The molecule has 0 aliphatic carbocycles. The Bertz CT molecular complexity index is 353. The summed E-state index contributed by atoms with van der Waals surface area (Å²) in [6.07, 6.45) is 0. The Hall–Kier alpha value is -0.410. The second-order valence-corrected chi connectivity index (χ2v) is 4.51. The van der Waals surface area contributed by atoms with Crippen LogP contribution in [-0.4, -0.2) is 5.78 Å². The van der Waals surface area contributed by atoms with Crippen molar-refractivity contribution in [3.05, 3.63) is 33.0 Å². The van der Waals surface area contributed by atoms with Gasteiger partial charge >= 0.3 is 0 Å². The topological polar surface area (TPSA) is 17.1 Å². The molecule has 0 saturated carbocycles. The monoisotopic (exact) mass is 278 g/mol. The number of rotatable bonds is 2. The molecule has 0 aromatic heterocycles. The third-order valence-electron chi connectivity index (χ3n) is 1.79. The van der Waals surface area contributed by atoms with E-state index in [0.717, 1.165) is 6.07 Å². The maximum absolute atomic E-state index is 13.1. The Morgan fingerprint density at radius 3 is 2.50 bits per heavy atom. The van der Waals surface area contributed by atoms with Gasteiger partial charge in [0.2, 0.25) is 0 Å². The minimum Gasteiger partial charge on any atom is -0.294 e. The first-order valence-electron chi connectivity index (χ1n) is 4.12. The van der Waals surface area contributed by atoms with Gasteiger partial charge in [-0.25, -0.2) is 4.39 Å². The van der Waals surface area contributed by atoms with Crippen molar-refractivity contribution in [3.63, 3.8) is 0 Å². The van der Waals surface area contributed by atoms with E-state index >= 15 is 0 Å². The van der Waals surface area contributed by atoms with E-state index in [1.54, 1.807) is 13.8 Å². The van der Waals surface area contributed by atoms with Crippen LogP contribution in [0.25, 0.3) is 0 Å². The van der Waals surface area contributed by atoms with Gasteiger partial charge < -0.3 is 0 Å². The van der Waals surface area contributed by atoms with Crippen LogP contribution in [0.2, 0.25) is 5.02 Å². The standard InChI is InChI=1S/C10H9BrClFO/c1-5(2)10(14)6-3-7(11)9(12)8(13)4-6/h3-5H,1-2H3. The van der Waals surface area contributed by atoms with Gasteiger partial charge in [-0.1, -0.05) is 25.4 Å². The Morgan fingerprint density at radius 1 is 1.50 bits per heavy atom. The van der Waals surface area contributed by atoms with E-state index < -0.39 is 5.82 Å². The van der Waals surface area contributed by atoms with E-state index in [4.69, 9.17) is 11.6 Å². The fraction of sp³-hybridized carbons (Fsp3) is 0.300. The van der Waals surface area contributed by atoms with Crippen LogP contribution < -0.4 is 0 Å². The molecule has 76 valence electrons. The molecule has 0 heterocycles. The molecule has 0 fully saturated rings. The summed E-state index contributed by atoms with van der Waals surface area (Å²) in [7, 11) is 0. The number of carbonyl (C=O) groups is 1. The lowest BCUT2D eigenvalue weighted by Crippen LogP contribution is -2.07. The number of hydrogen-bond acceptors (Lipinski definition) is 1. The number of ketones is 1. The first kappa shape index (κ1) is 11.7. The molecule has 0 aliphatic heterocycles. The summed E-state index contributed by atoms with van der Waals surface area (Å²) >= 11 is 8.69. The highest BCUT2D eigenvalue weighted by molar-refractivity contribution is 9.10. The van der Waals surface area contributed by atoms with E-state index in [2.05, 4.69) is 15.9 Å². The summed E-state index contributed by atoms with van der Waals surface area (Å²) < 4.78 is 13.6. The third-order valence-corrected chi connectivity index (χ3v) is 3.03. The van der Waals surface area contributed by atoms with Crippen LogP contribution in [0.15, 0.2) is 16.6 Å². The zero-order valence-electron chi connectivity index (χ0n) is 7.77. The van der Waals surface area contributed by atoms with Crippen molar-refractivity contribution in [2.24, 2.45) is 5.92 Å². The molecule has 14 heavy (non-hydrogen) atoms. The van der Waals surface area contributed by atoms with E-state index in [0.29, 0.717) is 10.0 Å². The van der Waals surface area contributed by atoms with Crippen LogP contribution in [0.5, 0.6) is 0 Å². The predicted octanol–water partition coefficient (Wildman–Crippen LogP) is 4.08. The first-order valence-corrected chi connectivity index (χ1v) is 5.29. The van der Waals surface area contributed by atoms with Gasteiger partial charge in [-0.3, -0.25) is 4.79 Å². The van der Waals surface area contributed by atoms with Crippen molar-refractivity contribution in [1.29, 1.82) is 0 Å². The lowest BCUT2D eigenvalue weighted by molar-refractivity contribution is 0.0939. The van der Waals surface area contributed by atoms with Crippen molar-refractivity contribution in [3.8, 4) is 0 Å². The normalized spacial score (nSPS) is 10.7. The smallest absolute Gasteiger partial charge is 0.165 e. The zero-order chi connectivity index (χ0) is 10.9. The number of benzene rings is 1. The molecule has 0 radical (unpaired) electrons. The van der Waals surface area contributed by atoms with Crippen molar-refractivity contribution < 1.29 is 9.18 Å². The van der Waals surface area contributed by atoms with E-state index in [9.17, 15) is 9.18 Å². The average molecular weight is 280 g/mol. The van der Waals surface area contributed by atoms with E-state index in [1.807, 2.05) is 0 Å². The predicted molar refractivity (Wildman–Crippen MR) is 58.3 cm³/mol. The Kier molecular flexibility index (Phi) is 3.67. The van der Waals surface area contributed by atoms with Crippen LogP contribution >= 0.6 is 27.5 Å². The largest absolute Gasteiger partial charge is 0.294 e. The van der Waals surface area contributed by atoms with Crippen LogP contribution in [-0.2, 0) is 0 Å². The summed E-state index contributed by atoms with van der Waals surface area (Å²) in [5, 5.41) is 0.00491. The fourth-order valence-electron chi connectivity index (χ4n) is 1.03. The minimum atomic E-state index is -0.579. The molecule has 1 aromatic rings. The van der Waals surface area contributed by atoms with Crippen LogP contribution in [0.4, 0.5) is 4.39 Å². The lowest BCUT2D eigenvalue weighted by Gasteiger charge is -2.06. The van der Waals surface area contributed by atoms with E-state index in [1.165, 1.54) is 6.07 Å². The zero-order valence-corrected chi connectivity index (χ0v) is 10.1. The van der Waals surface area contributed by atoms with Crippen LogP contribution in [0, 0.1) is 11.7 Å². The molecule has 0 aliphatic rings. The number of carbonyl (C=O) groups excluding carboxylic acids is 1. The van der Waals surface area contributed by atoms with Crippen LogP contribution in [0.1, 0.15) is 24.2 Å². The molecular formula is C10H9BrClFO. The quantitative estimate of drug-likeness (QED) is 0.589. The fourth-order valence-corrected chi connectivity index (χ4v) is 1.58. The van der Waals surface area contributed by atoms with Gasteiger partial charge in [0.05, 0.1) is 5.02 Å². The highest BCUT2D eigenvalue weighted by Crippen LogP contribution is 2.27. The first-order chi connectivity index (χ1) is 6.43. The second kappa shape index (κ2) is 4.41. The summed E-state index contributed by atoms with van der Waals surface area (Å²) in [6.45, 7) is 3.53. The van der Waals surface area contributed by atoms with Gasteiger partial charge in [-0.2, -0.15) is 0 Å². The number of Topliss-reactive ketones (excluding diaryl/α,β-unsaturated/α-hetero) is 1. The summed E-state index contributed by atoms with van der Waals surface area (Å²) in [6, 6.07) is 2.70. The molecule has 1 aromatic carbocycles. The molecule has 0 saturated heterocycles. The number of halogens is 3. The second-order valence-electron chi connectivity index (χ2n) is 3.27. The Labute approximate surface area is 95.4 Å². The summed E-state index contributed by atoms with van der Waals surface area (Å²) in [4.78, 5) is 11.5. The highest BCUT2D eigenvalue weighted by atomic mass is 79.9. The van der Waals surface area contributed by atoms with Gasteiger partial charge in [-0.15, -0.1) is 0 Å². The number of hydrogen-bond donors (Lipinski definition) is 0. The highest BCUT2D eigenvalue weighted by Gasteiger charge is 2.14. The minimum absolute atomic E-state index is 0.00491. The molecule has 0 bridgehead atoms. The molecule has 0 atom stereocenters. The van der Waals surface area contributed by atoms with Crippen molar-refractivity contribution >= 4 is 33.3 Å². The average Bonchev–Trinajstić information content (AvgIpc) is 2.12. The van der Waals surface area contributed by atoms with Crippen molar-refractivity contribution in [2.45, 2.75) is 13.8 Å². The van der Waals surface area contributed by atoms with Gasteiger partial charge in [0, 0.05) is 16.0 Å². The van der Waals surface area contributed by atoms with Crippen molar-refractivity contribution in [2.75, 3.05) is 0 Å². The molecular weight excluding hydrogens is 270 g/mol. The molecule has 1 rings (SSSR count). The maximum atomic E-state index is 13.1. The van der Waals surface area contributed by atoms with Gasteiger partial charge in [-0.05, 0) is 28.1 Å². The van der Waals surface area contributed by atoms with E-state index in [-0.39, 0.29) is 16.7 Å². The van der Waals surface area contributed by atoms with Gasteiger partial charge in [0.1, 0.15) is 5.82 Å².